The molecule has 25 heavy (non-hydrogen) atoms. The zero-order chi connectivity index (χ0) is 17.1. The summed E-state index contributed by atoms with van der Waals surface area (Å²) in [5.41, 5.74) is 1.09. The Hall–Kier alpha value is -2.45. The van der Waals surface area contributed by atoms with Gasteiger partial charge in [0.15, 0.2) is 11.6 Å². The van der Waals surface area contributed by atoms with Gasteiger partial charge in [-0.05, 0) is 37.6 Å². The van der Waals surface area contributed by atoms with Crippen molar-refractivity contribution in [2.24, 2.45) is 0 Å². The molecular formula is C17H21N5O3. The van der Waals surface area contributed by atoms with Gasteiger partial charge in [0.2, 0.25) is 0 Å². The van der Waals surface area contributed by atoms with E-state index in [-0.39, 0.29) is 6.61 Å². The van der Waals surface area contributed by atoms with E-state index >= 15 is 0 Å². The summed E-state index contributed by atoms with van der Waals surface area (Å²) in [5.74, 6) is 2.06. The average molecular weight is 343 g/mol. The summed E-state index contributed by atoms with van der Waals surface area (Å²) >= 11 is 0. The van der Waals surface area contributed by atoms with Crippen molar-refractivity contribution >= 4 is 0 Å². The first-order valence-corrected chi connectivity index (χ1v) is 8.55. The molecule has 0 spiro atoms. The Balaban J connectivity index is 1.39. The van der Waals surface area contributed by atoms with Gasteiger partial charge in [-0.2, -0.15) is 10.1 Å². The predicted molar refractivity (Wildman–Crippen MR) is 88.6 cm³/mol. The monoisotopic (exact) mass is 343 g/mol. The van der Waals surface area contributed by atoms with Crippen LogP contribution in [0.1, 0.15) is 30.3 Å². The smallest absolute Gasteiger partial charge is 0.293 e. The molecule has 8 nitrogen and oxygen atoms in total. The van der Waals surface area contributed by atoms with Crippen LogP contribution < -0.4 is 0 Å². The van der Waals surface area contributed by atoms with E-state index in [9.17, 15) is 0 Å². The maximum absolute atomic E-state index is 9.02. The molecule has 0 saturated carbocycles. The Bertz CT molecular complexity index is 795. The van der Waals surface area contributed by atoms with E-state index in [0.717, 1.165) is 31.6 Å². The molecule has 1 saturated heterocycles. The zero-order valence-corrected chi connectivity index (χ0v) is 13.9. The number of nitrogens with zero attached hydrogens (tertiary/aromatic N) is 5. The summed E-state index contributed by atoms with van der Waals surface area (Å²) in [6.07, 6.45) is 5.75. The van der Waals surface area contributed by atoms with Gasteiger partial charge in [-0.15, -0.1) is 0 Å². The zero-order valence-electron chi connectivity index (χ0n) is 13.9. The number of hydrogen-bond acceptors (Lipinski definition) is 7. The van der Waals surface area contributed by atoms with Crippen molar-refractivity contribution in [3.8, 4) is 11.7 Å². The Morgan fingerprint density at radius 3 is 3.12 bits per heavy atom. The summed E-state index contributed by atoms with van der Waals surface area (Å²) < 4.78 is 12.3. The first-order valence-electron chi connectivity index (χ1n) is 8.55. The van der Waals surface area contributed by atoms with Gasteiger partial charge in [0.1, 0.15) is 0 Å². The summed E-state index contributed by atoms with van der Waals surface area (Å²) in [6, 6.07) is 5.65. The molecule has 1 aliphatic rings. The Kier molecular flexibility index (Phi) is 4.62. The normalized spacial score (nSPS) is 18.7. The molecule has 4 heterocycles. The Labute approximate surface area is 145 Å². The van der Waals surface area contributed by atoms with Gasteiger partial charge in [-0.25, -0.2) is 0 Å². The van der Waals surface area contributed by atoms with Crippen molar-refractivity contribution in [1.82, 2.24) is 24.8 Å². The van der Waals surface area contributed by atoms with Gasteiger partial charge in [-0.3, -0.25) is 9.58 Å². The topological polar surface area (TPSA) is 93.3 Å². The van der Waals surface area contributed by atoms with E-state index in [2.05, 4.69) is 20.1 Å². The number of hydrogen-bond donors (Lipinski definition) is 1. The van der Waals surface area contributed by atoms with Gasteiger partial charge < -0.3 is 14.0 Å². The number of aliphatic hydroxyl groups is 1. The van der Waals surface area contributed by atoms with Crippen LogP contribution in [0.15, 0.2) is 39.6 Å². The minimum atomic E-state index is 0.105. The van der Waals surface area contributed by atoms with Gasteiger partial charge in [0.25, 0.3) is 5.89 Å². The molecule has 0 aromatic carbocycles. The highest BCUT2D eigenvalue weighted by atomic mass is 16.5. The first-order chi connectivity index (χ1) is 12.3. The van der Waals surface area contributed by atoms with Crippen molar-refractivity contribution in [3.05, 3.63) is 42.2 Å². The number of aliphatic hydroxyl groups excluding tert-OH is 1. The maximum atomic E-state index is 9.02. The number of rotatable bonds is 6. The molecule has 1 aliphatic heterocycles. The minimum absolute atomic E-state index is 0.105. The lowest BCUT2D eigenvalue weighted by atomic mass is 9.95. The van der Waals surface area contributed by atoms with Gasteiger partial charge in [-0.1, -0.05) is 5.16 Å². The molecule has 0 amide bonds. The second kappa shape index (κ2) is 7.20. The largest absolute Gasteiger partial charge is 0.459 e. The fourth-order valence-electron chi connectivity index (χ4n) is 3.28. The molecule has 132 valence electrons. The van der Waals surface area contributed by atoms with Crippen LogP contribution in [-0.4, -0.2) is 49.6 Å². The van der Waals surface area contributed by atoms with Crippen LogP contribution in [0.5, 0.6) is 0 Å². The molecule has 1 atom stereocenters. The number of piperidine rings is 1. The van der Waals surface area contributed by atoms with Crippen LogP contribution in [0.3, 0.4) is 0 Å². The van der Waals surface area contributed by atoms with Gasteiger partial charge in [0.05, 0.1) is 31.7 Å². The third-order valence-electron chi connectivity index (χ3n) is 4.48. The minimum Gasteiger partial charge on any atom is -0.459 e. The lowest BCUT2D eigenvalue weighted by molar-refractivity contribution is 0.191. The van der Waals surface area contributed by atoms with Crippen molar-refractivity contribution in [2.75, 3.05) is 19.7 Å². The number of likely N-dealkylation sites (tertiary alicyclic amines) is 1. The number of furan rings is 1. The first kappa shape index (κ1) is 16.0. The molecule has 0 bridgehead atoms. The molecule has 8 heteroatoms. The van der Waals surface area contributed by atoms with Gasteiger partial charge >= 0.3 is 0 Å². The quantitative estimate of drug-likeness (QED) is 0.730. The van der Waals surface area contributed by atoms with Crippen molar-refractivity contribution in [1.29, 1.82) is 0 Å². The molecule has 1 fully saturated rings. The third kappa shape index (κ3) is 3.64. The van der Waals surface area contributed by atoms with Crippen molar-refractivity contribution in [2.45, 2.75) is 31.8 Å². The van der Waals surface area contributed by atoms with Crippen LogP contribution >= 0.6 is 0 Å². The molecule has 3 aromatic heterocycles. The molecule has 0 aliphatic carbocycles. The van der Waals surface area contributed by atoms with E-state index in [4.69, 9.17) is 14.0 Å². The summed E-state index contributed by atoms with van der Waals surface area (Å²) in [5, 5.41) is 17.6. The van der Waals surface area contributed by atoms with E-state index in [1.54, 1.807) is 23.1 Å². The van der Waals surface area contributed by atoms with Crippen LogP contribution in [0.4, 0.5) is 0 Å². The predicted octanol–water partition coefficient (Wildman–Crippen LogP) is 1.90. The molecule has 4 rings (SSSR count). The van der Waals surface area contributed by atoms with Crippen LogP contribution in [0, 0.1) is 0 Å². The average Bonchev–Trinajstić information content (AvgIpc) is 3.37. The lowest BCUT2D eigenvalue weighted by Gasteiger charge is -2.30. The van der Waals surface area contributed by atoms with Crippen molar-refractivity contribution < 1.29 is 14.0 Å². The summed E-state index contributed by atoms with van der Waals surface area (Å²) in [6.45, 7) is 3.22. The van der Waals surface area contributed by atoms with Gasteiger partial charge in [0, 0.05) is 18.7 Å². The van der Waals surface area contributed by atoms with E-state index in [0.29, 0.717) is 36.5 Å². The standard InChI is InChI=1S/C17H21N5O3/c23-9-8-22-7-5-14(19-22)13-3-1-6-21(11-13)12-16-18-17(25-20-16)15-4-2-10-24-15/h2,4-5,7,10,13,23H,1,3,6,8-9,11-12H2/t13-/m1/s1. The summed E-state index contributed by atoms with van der Waals surface area (Å²) in [4.78, 5) is 6.74. The lowest BCUT2D eigenvalue weighted by Crippen LogP contribution is -2.34. The second-order valence-corrected chi connectivity index (χ2v) is 6.29. The highest BCUT2D eigenvalue weighted by Crippen LogP contribution is 2.26. The van der Waals surface area contributed by atoms with Crippen LogP contribution in [-0.2, 0) is 13.1 Å². The number of aromatic nitrogens is 4. The van der Waals surface area contributed by atoms with Crippen LogP contribution in [0.2, 0.25) is 0 Å². The molecule has 0 unspecified atom stereocenters. The Morgan fingerprint density at radius 2 is 2.28 bits per heavy atom. The van der Waals surface area contributed by atoms with Crippen LogP contribution in [0.25, 0.3) is 11.7 Å². The fourth-order valence-corrected chi connectivity index (χ4v) is 3.28. The summed E-state index contributed by atoms with van der Waals surface area (Å²) in [7, 11) is 0. The molecular weight excluding hydrogens is 322 g/mol. The fraction of sp³-hybridized carbons (Fsp3) is 0.471. The van der Waals surface area contributed by atoms with E-state index in [1.807, 2.05) is 12.3 Å². The maximum Gasteiger partial charge on any atom is 0.293 e. The highest BCUT2D eigenvalue weighted by Gasteiger charge is 2.24. The van der Waals surface area contributed by atoms with Crippen molar-refractivity contribution in [3.63, 3.8) is 0 Å². The second-order valence-electron chi connectivity index (χ2n) is 6.29. The molecule has 0 radical (unpaired) electrons. The SMILES string of the molecule is OCCn1ccc([C@@H]2CCCN(Cc3noc(-c4ccco4)n3)C2)n1. The van der Waals surface area contributed by atoms with E-state index in [1.165, 1.54) is 0 Å². The highest BCUT2D eigenvalue weighted by molar-refractivity contribution is 5.42. The third-order valence-corrected chi connectivity index (χ3v) is 4.48. The Morgan fingerprint density at radius 1 is 1.32 bits per heavy atom. The van der Waals surface area contributed by atoms with E-state index < -0.39 is 0 Å². The molecule has 1 N–H and O–H groups in total. The molecule has 3 aromatic rings.